The molecule has 0 heterocycles. The molecule has 0 saturated heterocycles. The van der Waals surface area contributed by atoms with Gasteiger partial charge in [-0.3, -0.25) is 0 Å². The van der Waals surface area contributed by atoms with Gasteiger partial charge >= 0.3 is 0 Å². The van der Waals surface area contributed by atoms with Crippen LogP contribution in [0.25, 0.3) is 0 Å². The van der Waals surface area contributed by atoms with Gasteiger partial charge in [0.15, 0.2) is 8.77 Å². The zero-order valence-corrected chi connectivity index (χ0v) is 8.02. The van der Waals surface area contributed by atoms with E-state index >= 15 is 0 Å². The SMILES string of the molecule is COc1ccc(S(=O)(O)=S)cc1. The first-order chi connectivity index (χ1) is 5.54. The largest absolute Gasteiger partial charge is 0.497 e. The van der Waals surface area contributed by atoms with Gasteiger partial charge in [-0.2, -0.15) is 0 Å². The predicted octanol–water partition coefficient (Wildman–Crippen LogP) is 1.27. The van der Waals surface area contributed by atoms with E-state index in [4.69, 9.17) is 9.29 Å². The molecule has 0 spiro atoms. The average Bonchev–Trinajstić information content (AvgIpc) is 2.03. The van der Waals surface area contributed by atoms with Gasteiger partial charge < -0.3 is 9.29 Å². The van der Waals surface area contributed by atoms with Crippen LogP contribution >= 0.6 is 0 Å². The summed E-state index contributed by atoms with van der Waals surface area (Å²) < 4.78 is 24.7. The molecule has 3 nitrogen and oxygen atoms in total. The van der Waals surface area contributed by atoms with E-state index in [9.17, 15) is 4.21 Å². The molecule has 0 amide bonds. The first-order valence-electron chi connectivity index (χ1n) is 3.15. The van der Waals surface area contributed by atoms with Crippen molar-refractivity contribution in [2.24, 2.45) is 0 Å². The highest BCUT2D eigenvalue weighted by atomic mass is 32.8. The van der Waals surface area contributed by atoms with E-state index < -0.39 is 8.77 Å². The summed E-state index contributed by atoms with van der Waals surface area (Å²) in [5.74, 6) is 0.636. The lowest BCUT2D eigenvalue weighted by Crippen LogP contribution is -1.95. The van der Waals surface area contributed by atoms with Crippen LogP contribution in [0.4, 0.5) is 0 Å². The number of hydrogen-bond donors (Lipinski definition) is 1. The van der Waals surface area contributed by atoms with Gasteiger partial charge in [-0.15, -0.1) is 0 Å². The zero-order valence-electron chi connectivity index (χ0n) is 6.39. The molecule has 1 aromatic rings. The van der Waals surface area contributed by atoms with Crippen molar-refractivity contribution in [2.45, 2.75) is 4.90 Å². The summed E-state index contributed by atoms with van der Waals surface area (Å²) >= 11 is 4.37. The molecule has 0 fully saturated rings. The fourth-order valence-electron chi connectivity index (χ4n) is 0.748. The van der Waals surface area contributed by atoms with Crippen LogP contribution in [0.15, 0.2) is 29.2 Å². The highest BCUT2D eigenvalue weighted by Gasteiger charge is 2.03. The maximum atomic E-state index is 10.9. The molecule has 0 radical (unpaired) electrons. The third-order valence-electron chi connectivity index (χ3n) is 1.36. The Labute approximate surface area is 75.9 Å². The number of hydrogen-bond acceptors (Lipinski definition) is 3. The summed E-state index contributed by atoms with van der Waals surface area (Å²) in [6.07, 6.45) is 0. The maximum Gasteiger partial charge on any atom is 0.171 e. The van der Waals surface area contributed by atoms with Crippen LogP contribution in [0, 0.1) is 0 Å². The number of rotatable bonds is 2. The van der Waals surface area contributed by atoms with Gasteiger partial charge in [0.2, 0.25) is 0 Å². The zero-order chi connectivity index (χ0) is 9.19. The van der Waals surface area contributed by atoms with Crippen molar-refractivity contribution in [3.05, 3.63) is 24.3 Å². The van der Waals surface area contributed by atoms with Crippen molar-refractivity contribution in [1.29, 1.82) is 0 Å². The molecule has 0 aliphatic rings. The molecule has 1 atom stereocenters. The second kappa shape index (κ2) is 3.38. The van der Waals surface area contributed by atoms with Gasteiger partial charge in [-0.05, 0) is 24.3 Å². The molecule has 0 aromatic heterocycles. The molecule has 12 heavy (non-hydrogen) atoms. The molecule has 1 aromatic carbocycles. The van der Waals surface area contributed by atoms with Gasteiger partial charge in [0, 0.05) is 11.2 Å². The number of methoxy groups -OCH3 is 1. The quantitative estimate of drug-likeness (QED) is 0.788. The predicted molar refractivity (Wildman–Crippen MR) is 49.4 cm³/mol. The van der Waals surface area contributed by atoms with Crippen LogP contribution in [-0.2, 0) is 20.0 Å². The van der Waals surface area contributed by atoms with Gasteiger partial charge in [0.1, 0.15) is 5.75 Å². The van der Waals surface area contributed by atoms with E-state index in [2.05, 4.69) is 11.2 Å². The summed E-state index contributed by atoms with van der Waals surface area (Å²) in [5, 5.41) is 0. The first-order valence-corrected chi connectivity index (χ1v) is 5.59. The second-order valence-corrected chi connectivity index (χ2v) is 4.93. The van der Waals surface area contributed by atoms with E-state index in [0.717, 1.165) is 0 Å². The molecule has 1 N–H and O–H groups in total. The minimum Gasteiger partial charge on any atom is -0.497 e. The van der Waals surface area contributed by atoms with Crippen molar-refractivity contribution in [3.8, 4) is 5.75 Å². The summed E-state index contributed by atoms with van der Waals surface area (Å²) in [6, 6.07) is 6.15. The molecular formula is C7H8O3S2. The number of ether oxygens (including phenoxy) is 1. The Bertz CT molecular complexity index is 353. The van der Waals surface area contributed by atoms with Crippen molar-refractivity contribution in [2.75, 3.05) is 7.11 Å². The standard InChI is InChI=1S/C7H8O3S2/c1-10-6-2-4-7(5-3-6)12(8,9)11/h2-5H,1H3,(H,8,9,11). The molecule has 66 valence electrons. The minimum absolute atomic E-state index is 0.235. The van der Waals surface area contributed by atoms with Crippen molar-refractivity contribution in [1.82, 2.24) is 0 Å². The average molecular weight is 204 g/mol. The lowest BCUT2D eigenvalue weighted by Gasteiger charge is -2.01. The van der Waals surface area contributed by atoms with Gasteiger partial charge in [-0.25, -0.2) is 4.21 Å². The Kier molecular flexibility index (Phi) is 2.66. The molecule has 0 aliphatic heterocycles. The van der Waals surface area contributed by atoms with E-state index in [1.165, 1.54) is 19.2 Å². The lowest BCUT2D eigenvalue weighted by atomic mass is 10.3. The smallest absolute Gasteiger partial charge is 0.171 e. The van der Waals surface area contributed by atoms with Crippen LogP contribution in [0.3, 0.4) is 0 Å². The van der Waals surface area contributed by atoms with Crippen LogP contribution < -0.4 is 4.74 Å². The van der Waals surface area contributed by atoms with Crippen molar-refractivity contribution < 1.29 is 13.5 Å². The maximum absolute atomic E-state index is 10.9. The third kappa shape index (κ3) is 2.17. The molecule has 0 aliphatic carbocycles. The Morgan fingerprint density at radius 2 is 1.92 bits per heavy atom. The Morgan fingerprint density at radius 3 is 2.25 bits per heavy atom. The van der Waals surface area contributed by atoms with Crippen molar-refractivity contribution in [3.63, 3.8) is 0 Å². The van der Waals surface area contributed by atoms with Crippen molar-refractivity contribution >= 4 is 20.0 Å². The monoisotopic (exact) mass is 204 g/mol. The summed E-state index contributed by atoms with van der Waals surface area (Å²) in [4.78, 5) is 0.235. The van der Waals surface area contributed by atoms with E-state index in [-0.39, 0.29) is 4.90 Å². The summed E-state index contributed by atoms with van der Waals surface area (Å²) in [7, 11) is -1.72. The third-order valence-corrected chi connectivity index (χ3v) is 2.80. The van der Waals surface area contributed by atoms with E-state index in [1.54, 1.807) is 12.1 Å². The van der Waals surface area contributed by atoms with Gasteiger partial charge in [-0.1, -0.05) is 0 Å². The Morgan fingerprint density at radius 1 is 1.42 bits per heavy atom. The highest BCUT2D eigenvalue weighted by Crippen LogP contribution is 2.14. The lowest BCUT2D eigenvalue weighted by molar-refractivity contribution is 0.414. The van der Waals surface area contributed by atoms with Crippen LogP contribution in [0.1, 0.15) is 0 Å². The Balaban J connectivity index is 3.09. The Hall–Kier alpha value is -0.650. The fourth-order valence-corrected chi connectivity index (χ4v) is 1.56. The van der Waals surface area contributed by atoms with Gasteiger partial charge in [0.05, 0.1) is 12.0 Å². The van der Waals surface area contributed by atoms with Crippen LogP contribution in [0.5, 0.6) is 5.75 Å². The summed E-state index contributed by atoms with van der Waals surface area (Å²) in [5.41, 5.74) is 0. The highest BCUT2D eigenvalue weighted by molar-refractivity contribution is 8.29. The molecule has 0 bridgehead atoms. The number of benzene rings is 1. The topological polar surface area (TPSA) is 46.5 Å². The molecule has 0 saturated carbocycles. The fraction of sp³-hybridized carbons (Fsp3) is 0.143. The van der Waals surface area contributed by atoms with E-state index in [1.807, 2.05) is 0 Å². The van der Waals surface area contributed by atoms with Crippen LogP contribution in [-0.4, -0.2) is 15.9 Å². The molecular weight excluding hydrogens is 196 g/mol. The minimum atomic E-state index is -3.25. The normalized spacial score (nSPS) is 15.2. The second-order valence-electron chi connectivity index (χ2n) is 2.15. The van der Waals surface area contributed by atoms with Crippen LogP contribution in [0.2, 0.25) is 0 Å². The van der Waals surface area contributed by atoms with Gasteiger partial charge in [0.25, 0.3) is 0 Å². The molecule has 1 rings (SSSR count). The first kappa shape index (κ1) is 9.44. The molecule has 1 unspecified atom stereocenters. The summed E-state index contributed by atoms with van der Waals surface area (Å²) in [6.45, 7) is 0. The molecule has 5 heteroatoms. The van der Waals surface area contributed by atoms with E-state index in [0.29, 0.717) is 5.75 Å².